The maximum absolute atomic E-state index is 12.4. The monoisotopic (exact) mass is 350 g/mol. The van der Waals surface area contributed by atoms with Crippen molar-refractivity contribution < 1.29 is 14.3 Å². The Labute approximate surface area is 155 Å². The van der Waals surface area contributed by atoms with Crippen molar-refractivity contribution in [1.29, 1.82) is 0 Å². The van der Waals surface area contributed by atoms with Gasteiger partial charge in [-0.3, -0.25) is 0 Å². The zero-order chi connectivity index (χ0) is 18.9. The average Bonchev–Trinajstić information content (AvgIpc) is 2.58. The Morgan fingerprint density at radius 1 is 1.08 bits per heavy atom. The molecule has 1 aliphatic heterocycles. The molecule has 0 amide bonds. The van der Waals surface area contributed by atoms with E-state index in [9.17, 15) is 4.79 Å². The van der Waals surface area contributed by atoms with Crippen LogP contribution < -0.4 is 4.74 Å². The van der Waals surface area contributed by atoms with Gasteiger partial charge in [0.15, 0.2) is 0 Å². The van der Waals surface area contributed by atoms with Gasteiger partial charge in [-0.1, -0.05) is 51.1 Å². The van der Waals surface area contributed by atoms with Crippen molar-refractivity contribution in [2.24, 2.45) is 0 Å². The van der Waals surface area contributed by atoms with Gasteiger partial charge < -0.3 is 9.47 Å². The summed E-state index contributed by atoms with van der Waals surface area (Å²) >= 11 is 0. The van der Waals surface area contributed by atoms with Gasteiger partial charge in [-0.05, 0) is 54.7 Å². The second-order valence-corrected chi connectivity index (χ2v) is 8.31. The second kappa shape index (κ2) is 6.64. The zero-order valence-electron chi connectivity index (χ0n) is 16.1. The van der Waals surface area contributed by atoms with E-state index in [2.05, 4.69) is 32.9 Å². The summed E-state index contributed by atoms with van der Waals surface area (Å²) in [4.78, 5) is 12.4. The molecule has 0 N–H and O–H groups in total. The third kappa shape index (κ3) is 4.16. The van der Waals surface area contributed by atoms with Gasteiger partial charge >= 0.3 is 5.97 Å². The van der Waals surface area contributed by atoms with Crippen LogP contribution in [0.4, 0.5) is 0 Å². The molecule has 136 valence electrons. The van der Waals surface area contributed by atoms with Crippen LogP contribution in [0.3, 0.4) is 0 Å². The summed E-state index contributed by atoms with van der Waals surface area (Å²) in [6, 6.07) is 13.6. The van der Waals surface area contributed by atoms with E-state index in [0.29, 0.717) is 5.56 Å². The molecule has 0 spiro atoms. The van der Waals surface area contributed by atoms with E-state index in [4.69, 9.17) is 9.47 Å². The van der Waals surface area contributed by atoms with Crippen LogP contribution in [0.2, 0.25) is 0 Å². The molecule has 0 aliphatic carbocycles. The highest BCUT2D eigenvalue weighted by atomic mass is 16.5. The molecule has 0 radical (unpaired) electrons. The maximum Gasteiger partial charge on any atom is 0.338 e. The SMILES string of the molecule is CC1(C)C=Cc2cc(C(=O)OCc3ccc(C(C)(C)C)cc3)ccc2O1. The van der Waals surface area contributed by atoms with Crippen LogP contribution in [0.25, 0.3) is 6.08 Å². The molecular formula is C23H26O3. The van der Waals surface area contributed by atoms with E-state index in [1.807, 2.05) is 50.3 Å². The Balaban J connectivity index is 1.66. The van der Waals surface area contributed by atoms with Gasteiger partial charge in [-0.15, -0.1) is 0 Å². The summed E-state index contributed by atoms with van der Waals surface area (Å²) < 4.78 is 11.4. The Morgan fingerprint density at radius 3 is 2.42 bits per heavy atom. The van der Waals surface area contributed by atoms with Crippen molar-refractivity contribution in [3.8, 4) is 5.75 Å². The van der Waals surface area contributed by atoms with E-state index < -0.39 is 0 Å². The first-order chi connectivity index (χ1) is 12.1. The molecule has 3 nitrogen and oxygen atoms in total. The lowest BCUT2D eigenvalue weighted by Gasteiger charge is -2.27. The first-order valence-corrected chi connectivity index (χ1v) is 8.93. The maximum atomic E-state index is 12.4. The molecule has 1 heterocycles. The summed E-state index contributed by atoms with van der Waals surface area (Å²) in [5.74, 6) is 0.456. The third-order valence-corrected chi connectivity index (χ3v) is 4.47. The summed E-state index contributed by atoms with van der Waals surface area (Å²) in [7, 11) is 0. The smallest absolute Gasteiger partial charge is 0.338 e. The Bertz CT molecular complexity index is 837. The summed E-state index contributed by atoms with van der Waals surface area (Å²) in [6.45, 7) is 10.8. The second-order valence-electron chi connectivity index (χ2n) is 8.31. The van der Waals surface area contributed by atoms with Gasteiger partial charge in [0.1, 0.15) is 18.0 Å². The highest BCUT2D eigenvalue weighted by Crippen LogP contribution is 2.31. The summed E-state index contributed by atoms with van der Waals surface area (Å²) in [5.41, 5.74) is 3.46. The van der Waals surface area contributed by atoms with Gasteiger partial charge in [-0.2, -0.15) is 0 Å². The molecule has 3 heteroatoms. The van der Waals surface area contributed by atoms with Crippen molar-refractivity contribution in [2.45, 2.75) is 52.2 Å². The molecule has 1 aliphatic rings. The van der Waals surface area contributed by atoms with E-state index in [-0.39, 0.29) is 23.6 Å². The molecule has 0 saturated carbocycles. The van der Waals surface area contributed by atoms with Crippen LogP contribution in [0, 0.1) is 0 Å². The van der Waals surface area contributed by atoms with Crippen molar-refractivity contribution in [1.82, 2.24) is 0 Å². The topological polar surface area (TPSA) is 35.5 Å². The lowest BCUT2D eigenvalue weighted by Crippen LogP contribution is -2.27. The predicted octanol–water partition coefficient (Wildman–Crippen LogP) is 5.53. The fraction of sp³-hybridized carbons (Fsp3) is 0.348. The number of fused-ring (bicyclic) bond motifs is 1. The summed E-state index contributed by atoms with van der Waals surface area (Å²) in [6.07, 6.45) is 3.97. The largest absolute Gasteiger partial charge is 0.483 e. The van der Waals surface area contributed by atoms with Crippen molar-refractivity contribution in [3.63, 3.8) is 0 Å². The number of benzene rings is 2. The molecule has 2 aromatic rings. The normalized spacial score (nSPS) is 15.1. The van der Waals surface area contributed by atoms with Gasteiger partial charge in [-0.25, -0.2) is 4.79 Å². The minimum absolute atomic E-state index is 0.114. The van der Waals surface area contributed by atoms with E-state index in [1.165, 1.54) is 5.56 Å². The quantitative estimate of drug-likeness (QED) is 0.683. The average molecular weight is 350 g/mol. The standard InChI is InChI=1S/C23H26O3/c1-22(2,3)19-9-6-16(7-10-19)15-25-21(24)18-8-11-20-17(14-18)12-13-23(4,5)26-20/h6-14H,15H2,1-5H3. The fourth-order valence-corrected chi connectivity index (χ4v) is 2.84. The van der Waals surface area contributed by atoms with Crippen LogP contribution in [0.5, 0.6) is 5.75 Å². The van der Waals surface area contributed by atoms with E-state index in [1.54, 1.807) is 6.07 Å². The minimum Gasteiger partial charge on any atom is -0.483 e. The van der Waals surface area contributed by atoms with Gasteiger partial charge in [0.05, 0.1) is 5.56 Å². The number of carbonyl (C=O) groups excluding carboxylic acids is 1. The van der Waals surface area contributed by atoms with Crippen LogP contribution in [0.15, 0.2) is 48.5 Å². The number of carbonyl (C=O) groups is 1. The molecule has 3 rings (SSSR count). The fourth-order valence-electron chi connectivity index (χ4n) is 2.84. The molecule has 2 aromatic carbocycles. The molecule has 0 fully saturated rings. The lowest BCUT2D eigenvalue weighted by molar-refractivity contribution is 0.0472. The van der Waals surface area contributed by atoms with E-state index in [0.717, 1.165) is 16.9 Å². The lowest BCUT2D eigenvalue weighted by atomic mass is 9.87. The van der Waals surface area contributed by atoms with E-state index >= 15 is 0 Å². The van der Waals surface area contributed by atoms with Gasteiger partial charge in [0.2, 0.25) is 0 Å². The molecule has 0 saturated heterocycles. The molecule has 0 unspecified atom stereocenters. The van der Waals surface area contributed by atoms with Crippen LogP contribution in [-0.4, -0.2) is 11.6 Å². The Morgan fingerprint density at radius 2 is 1.77 bits per heavy atom. The van der Waals surface area contributed by atoms with Crippen LogP contribution >= 0.6 is 0 Å². The van der Waals surface area contributed by atoms with Crippen LogP contribution in [0.1, 0.15) is 61.7 Å². The molecule has 0 aromatic heterocycles. The number of rotatable bonds is 3. The first-order valence-electron chi connectivity index (χ1n) is 8.93. The van der Waals surface area contributed by atoms with Gasteiger partial charge in [0.25, 0.3) is 0 Å². The number of hydrogen-bond acceptors (Lipinski definition) is 3. The zero-order valence-corrected chi connectivity index (χ0v) is 16.1. The van der Waals surface area contributed by atoms with Crippen molar-refractivity contribution in [2.75, 3.05) is 0 Å². The Hall–Kier alpha value is -2.55. The number of hydrogen-bond donors (Lipinski definition) is 0. The number of ether oxygens (including phenoxy) is 2. The minimum atomic E-state index is -0.328. The van der Waals surface area contributed by atoms with Crippen molar-refractivity contribution >= 4 is 12.0 Å². The van der Waals surface area contributed by atoms with Gasteiger partial charge in [0, 0.05) is 5.56 Å². The third-order valence-electron chi connectivity index (χ3n) is 4.47. The molecule has 26 heavy (non-hydrogen) atoms. The Kier molecular flexibility index (Phi) is 4.66. The first kappa shape index (κ1) is 18.2. The highest BCUT2D eigenvalue weighted by molar-refractivity contribution is 5.90. The highest BCUT2D eigenvalue weighted by Gasteiger charge is 2.22. The molecule has 0 atom stereocenters. The predicted molar refractivity (Wildman–Crippen MR) is 104 cm³/mol. The molecule has 0 bridgehead atoms. The number of esters is 1. The molecular weight excluding hydrogens is 324 g/mol. The van der Waals surface area contributed by atoms with Crippen molar-refractivity contribution in [3.05, 3.63) is 70.8 Å². The summed E-state index contributed by atoms with van der Waals surface area (Å²) in [5, 5.41) is 0. The van der Waals surface area contributed by atoms with Crippen LogP contribution in [-0.2, 0) is 16.8 Å².